The summed E-state index contributed by atoms with van der Waals surface area (Å²) in [6.07, 6.45) is 4.84. The third kappa shape index (κ3) is 7.75. The Bertz CT molecular complexity index is 400. The van der Waals surface area contributed by atoms with Gasteiger partial charge in [0, 0.05) is 26.6 Å². The summed E-state index contributed by atoms with van der Waals surface area (Å²) >= 11 is 0. The Morgan fingerprint density at radius 1 is 1.33 bits per heavy atom. The molecule has 0 saturated carbocycles. The normalized spacial score (nSPS) is 12.5. The van der Waals surface area contributed by atoms with Crippen LogP contribution in [-0.4, -0.2) is 38.3 Å². The lowest BCUT2D eigenvalue weighted by Crippen LogP contribution is -2.40. The molecule has 2 N–H and O–H groups in total. The van der Waals surface area contributed by atoms with Gasteiger partial charge in [0.15, 0.2) is 5.96 Å². The van der Waals surface area contributed by atoms with Crippen LogP contribution in [0.25, 0.3) is 0 Å². The van der Waals surface area contributed by atoms with Gasteiger partial charge in [-0.05, 0) is 32.4 Å². The van der Waals surface area contributed by atoms with E-state index in [9.17, 15) is 0 Å². The van der Waals surface area contributed by atoms with Crippen molar-refractivity contribution in [3.8, 4) is 0 Å². The first-order chi connectivity index (χ1) is 10.1. The number of methoxy groups -OCH3 is 1. The molecule has 5 heteroatoms. The van der Waals surface area contributed by atoms with Crippen molar-refractivity contribution in [1.82, 2.24) is 10.6 Å². The molecule has 0 atom stereocenters. The minimum atomic E-state index is -0.250. The molecule has 0 aromatic carbocycles. The maximum atomic E-state index is 5.40. The fraction of sp³-hybridized carbons (Fsp3) is 0.688. The van der Waals surface area contributed by atoms with Gasteiger partial charge in [0.25, 0.3) is 0 Å². The van der Waals surface area contributed by atoms with Crippen LogP contribution in [0.4, 0.5) is 0 Å². The van der Waals surface area contributed by atoms with E-state index < -0.39 is 0 Å². The molecule has 1 rings (SSSR count). The fourth-order valence-corrected chi connectivity index (χ4v) is 1.65. The third-order valence-electron chi connectivity index (χ3n) is 3.24. The van der Waals surface area contributed by atoms with Gasteiger partial charge in [-0.25, -0.2) is 0 Å². The third-order valence-corrected chi connectivity index (χ3v) is 3.24. The average Bonchev–Trinajstić information content (AvgIpc) is 2.98. The molecule has 120 valence electrons. The number of ether oxygens (including phenoxy) is 1. The van der Waals surface area contributed by atoms with E-state index in [1.807, 2.05) is 26.0 Å². The Morgan fingerprint density at radius 2 is 2.10 bits per heavy atom. The second-order valence-corrected chi connectivity index (χ2v) is 5.67. The second kappa shape index (κ2) is 9.45. The largest absolute Gasteiger partial charge is 0.469 e. The van der Waals surface area contributed by atoms with E-state index in [-0.39, 0.29) is 5.60 Å². The Kier molecular flexibility index (Phi) is 7.90. The molecule has 21 heavy (non-hydrogen) atoms. The van der Waals surface area contributed by atoms with E-state index in [4.69, 9.17) is 9.15 Å². The molecule has 5 nitrogen and oxygen atoms in total. The smallest absolute Gasteiger partial charge is 0.191 e. The average molecular weight is 295 g/mol. The van der Waals surface area contributed by atoms with Crippen molar-refractivity contribution in [2.45, 2.75) is 45.6 Å². The number of nitrogens with one attached hydrogen (secondary N) is 2. The number of unbranched alkanes of at least 4 members (excludes halogenated alkanes) is 1. The SMILES string of the molecule is CCCCNC(=NCC(C)(C)OC)NCCc1ccco1. The van der Waals surface area contributed by atoms with Crippen LogP contribution in [-0.2, 0) is 11.2 Å². The molecule has 0 aliphatic carbocycles. The first-order valence-corrected chi connectivity index (χ1v) is 7.67. The summed E-state index contributed by atoms with van der Waals surface area (Å²) in [6, 6.07) is 3.89. The van der Waals surface area contributed by atoms with Crippen molar-refractivity contribution in [3.05, 3.63) is 24.2 Å². The van der Waals surface area contributed by atoms with Crippen molar-refractivity contribution in [3.63, 3.8) is 0 Å². The van der Waals surface area contributed by atoms with Crippen molar-refractivity contribution in [2.75, 3.05) is 26.7 Å². The number of guanidine groups is 1. The van der Waals surface area contributed by atoms with Crippen molar-refractivity contribution in [1.29, 1.82) is 0 Å². The maximum Gasteiger partial charge on any atom is 0.191 e. The molecule has 0 aliphatic rings. The Labute approximate surface area is 128 Å². The van der Waals surface area contributed by atoms with Gasteiger partial charge < -0.3 is 19.8 Å². The molecule has 0 unspecified atom stereocenters. The summed E-state index contributed by atoms with van der Waals surface area (Å²) in [5, 5.41) is 6.69. The molecule has 0 aliphatic heterocycles. The highest BCUT2D eigenvalue weighted by Gasteiger charge is 2.15. The lowest BCUT2D eigenvalue weighted by Gasteiger charge is -2.21. The number of rotatable bonds is 9. The lowest BCUT2D eigenvalue weighted by molar-refractivity contribution is 0.0310. The van der Waals surface area contributed by atoms with E-state index in [0.29, 0.717) is 6.54 Å². The van der Waals surface area contributed by atoms with E-state index in [1.54, 1.807) is 13.4 Å². The van der Waals surface area contributed by atoms with Crippen molar-refractivity contribution >= 4 is 5.96 Å². The maximum absolute atomic E-state index is 5.40. The van der Waals surface area contributed by atoms with E-state index >= 15 is 0 Å². The molecular weight excluding hydrogens is 266 g/mol. The van der Waals surface area contributed by atoms with Crippen molar-refractivity contribution in [2.24, 2.45) is 4.99 Å². The Morgan fingerprint density at radius 3 is 2.71 bits per heavy atom. The van der Waals surface area contributed by atoms with Crippen LogP contribution in [0, 0.1) is 0 Å². The zero-order valence-corrected chi connectivity index (χ0v) is 13.7. The van der Waals surface area contributed by atoms with Crippen LogP contribution in [0.5, 0.6) is 0 Å². The number of hydrogen-bond donors (Lipinski definition) is 2. The predicted octanol–water partition coefficient (Wildman–Crippen LogP) is 2.58. The summed E-state index contributed by atoms with van der Waals surface area (Å²) in [5.41, 5.74) is -0.250. The van der Waals surface area contributed by atoms with Crippen LogP contribution < -0.4 is 10.6 Å². The molecule has 0 fully saturated rings. The van der Waals surface area contributed by atoms with Gasteiger partial charge in [-0.2, -0.15) is 0 Å². The number of aliphatic imine (C=N–C) groups is 1. The number of furan rings is 1. The highest BCUT2D eigenvalue weighted by atomic mass is 16.5. The predicted molar refractivity (Wildman–Crippen MR) is 86.7 cm³/mol. The Balaban J connectivity index is 2.44. The molecule has 1 aromatic heterocycles. The summed E-state index contributed by atoms with van der Waals surface area (Å²) in [5.74, 6) is 1.81. The monoisotopic (exact) mass is 295 g/mol. The van der Waals surface area contributed by atoms with E-state index in [0.717, 1.165) is 44.1 Å². The molecular formula is C16H29N3O2. The van der Waals surface area contributed by atoms with Gasteiger partial charge in [-0.1, -0.05) is 13.3 Å². The van der Waals surface area contributed by atoms with Crippen LogP contribution in [0.2, 0.25) is 0 Å². The van der Waals surface area contributed by atoms with Gasteiger partial charge in [-0.15, -0.1) is 0 Å². The molecule has 1 heterocycles. The van der Waals surface area contributed by atoms with Gasteiger partial charge in [0.2, 0.25) is 0 Å². The Hall–Kier alpha value is -1.49. The minimum absolute atomic E-state index is 0.250. The summed E-state index contributed by atoms with van der Waals surface area (Å²) < 4.78 is 10.7. The topological polar surface area (TPSA) is 58.8 Å². The summed E-state index contributed by atoms with van der Waals surface area (Å²) in [6.45, 7) is 8.57. The fourth-order valence-electron chi connectivity index (χ4n) is 1.65. The molecule has 1 aromatic rings. The highest BCUT2D eigenvalue weighted by molar-refractivity contribution is 5.79. The zero-order chi connectivity index (χ0) is 15.6. The first-order valence-electron chi connectivity index (χ1n) is 7.67. The summed E-state index contributed by atoms with van der Waals surface area (Å²) in [7, 11) is 1.71. The standard InChI is InChI=1S/C16H29N3O2/c1-5-6-10-17-15(19-13-16(2,3)20-4)18-11-9-14-8-7-12-21-14/h7-8,12H,5-6,9-11,13H2,1-4H3,(H2,17,18,19). The summed E-state index contributed by atoms with van der Waals surface area (Å²) in [4.78, 5) is 4.60. The second-order valence-electron chi connectivity index (χ2n) is 5.67. The van der Waals surface area contributed by atoms with Crippen LogP contribution >= 0.6 is 0 Å². The number of hydrogen-bond acceptors (Lipinski definition) is 3. The highest BCUT2D eigenvalue weighted by Crippen LogP contribution is 2.07. The van der Waals surface area contributed by atoms with Gasteiger partial charge >= 0.3 is 0 Å². The number of nitrogens with zero attached hydrogens (tertiary/aromatic N) is 1. The first kappa shape index (κ1) is 17.6. The van der Waals surface area contributed by atoms with Crippen molar-refractivity contribution < 1.29 is 9.15 Å². The molecule has 0 saturated heterocycles. The lowest BCUT2D eigenvalue weighted by atomic mass is 10.1. The van der Waals surface area contributed by atoms with E-state index in [2.05, 4.69) is 22.5 Å². The van der Waals surface area contributed by atoms with Gasteiger partial charge in [0.05, 0.1) is 18.4 Å². The minimum Gasteiger partial charge on any atom is -0.469 e. The molecule has 0 radical (unpaired) electrons. The molecule has 0 amide bonds. The quantitative estimate of drug-likeness (QED) is 0.418. The molecule has 0 spiro atoms. The van der Waals surface area contributed by atoms with Crippen LogP contribution in [0.15, 0.2) is 27.8 Å². The molecule has 0 bridgehead atoms. The zero-order valence-electron chi connectivity index (χ0n) is 13.7. The van der Waals surface area contributed by atoms with Crippen LogP contribution in [0.3, 0.4) is 0 Å². The van der Waals surface area contributed by atoms with E-state index in [1.165, 1.54) is 0 Å². The van der Waals surface area contributed by atoms with Gasteiger partial charge in [0.1, 0.15) is 5.76 Å². The van der Waals surface area contributed by atoms with Crippen LogP contribution in [0.1, 0.15) is 39.4 Å². The van der Waals surface area contributed by atoms with Gasteiger partial charge in [-0.3, -0.25) is 4.99 Å².